The fourth-order valence-corrected chi connectivity index (χ4v) is 6.00. The van der Waals surface area contributed by atoms with Crippen molar-refractivity contribution in [3.8, 4) is 0 Å². The van der Waals surface area contributed by atoms with Gasteiger partial charge >= 0.3 is 0 Å². The van der Waals surface area contributed by atoms with Gasteiger partial charge in [0.25, 0.3) is 0 Å². The number of hydrogen-bond donors (Lipinski definition) is 0. The van der Waals surface area contributed by atoms with Crippen molar-refractivity contribution in [2.45, 2.75) is 32.1 Å². The number of amides is 1. The summed E-state index contributed by atoms with van der Waals surface area (Å²) < 4.78 is 27.3. The second kappa shape index (κ2) is 8.67. The molecule has 0 unspecified atom stereocenters. The largest absolute Gasteiger partial charge is 0.312 e. The molecule has 0 aliphatic carbocycles. The van der Waals surface area contributed by atoms with Crippen LogP contribution in [0.2, 0.25) is 0 Å². The molecular formula is C23H28N2O3S. The Morgan fingerprint density at radius 3 is 2.59 bits per heavy atom. The number of para-hydroxylation sites is 1. The zero-order valence-electron chi connectivity index (χ0n) is 16.7. The first-order valence-corrected chi connectivity index (χ1v) is 12.1. The summed E-state index contributed by atoms with van der Waals surface area (Å²) >= 11 is 0. The lowest BCUT2D eigenvalue weighted by Crippen LogP contribution is -2.47. The van der Waals surface area contributed by atoms with Gasteiger partial charge in [-0.3, -0.25) is 4.79 Å². The minimum atomic E-state index is -3.34. The second-order valence-electron chi connectivity index (χ2n) is 7.97. The minimum absolute atomic E-state index is 0.0686. The van der Waals surface area contributed by atoms with Gasteiger partial charge < -0.3 is 4.90 Å². The Bertz CT molecular complexity index is 959. The maximum Gasteiger partial charge on any atom is 0.231 e. The smallest absolute Gasteiger partial charge is 0.231 e. The van der Waals surface area contributed by atoms with E-state index in [4.69, 9.17) is 0 Å². The number of sulfonamides is 1. The van der Waals surface area contributed by atoms with E-state index in [1.807, 2.05) is 53.4 Å². The Labute approximate surface area is 173 Å². The highest BCUT2D eigenvalue weighted by atomic mass is 32.2. The van der Waals surface area contributed by atoms with Crippen LogP contribution >= 0.6 is 0 Å². The Morgan fingerprint density at radius 2 is 1.76 bits per heavy atom. The van der Waals surface area contributed by atoms with Gasteiger partial charge in [-0.1, -0.05) is 48.5 Å². The highest BCUT2D eigenvalue weighted by Gasteiger charge is 2.36. The van der Waals surface area contributed by atoms with Crippen LogP contribution < -0.4 is 4.90 Å². The number of rotatable bonds is 6. The Hall–Kier alpha value is -2.18. The van der Waals surface area contributed by atoms with Crippen LogP contribution in [0.3, 0.4) is 0 Å². The van der Waals surface area contributed by atoms with E-state index in [-0.39, 0.29) is 17.6 Å². The average Bonchev–Trinajstić information content (AvgIpc) is 3.18. The third kappa shape index (κ3) is 4.54. The molecule has 2 heterocycles. The number of anilines is 1. The van der Waals surface area contributed by atoms with Gasteiger partial charge in [0.15, 0.2) is 0 Å². The van der Waals surface area contributed by atoms with E-state index in [0.717, 1.165) is 36.9 Å². The lowest BCUT2D eigenvalue weighted by atomic mass is 9.98. The van der Waals surface area contributed by atoms with Gasteiger partial charge in [-0.15, -0.1) is 0 Å². The molecule has 6 heteroatoms. The highest BCUT2D eigenvalue weighted by molar-refractivity contribution is 7.89. The van der Waals surface area contributed by atoms with Gasteiger partial charge in [0, 0.05) is 25.3 Å². The van der Waals surface area contributed by atoms with E-state index in [0.29, 0.717) is 26.1 Å². The van der Waals surface area contributed by atoms with Crippen molar-refractivity contribution in [2.75, 3.05) is 30.3 Å². The van der Waals surface area contributed by atoms with Crippen LogP contribution in [-0.4, -0.2) is 44.0 Å². The van der Waals surface area contributed by atoms with E-state index in [2.05, 4.69) is 6.07 Å². The molecule has 1 fully saturated rings. The van der Waals surface area contributed by atoms with Crippen LogP contribution in [-0.2, 0) is 27.7 Å². The molecule has 2 aromatic carbocycles. The van der Waals surface area contributed by atoms with Crippen molar-refractivity contribution in [3.63, 3.8) is 0 Å². The van der Waals surface area contributed by atoms with E-state index in [9.17, 15) is 13.2 Å². The van der Waals surface area contributed by atoms with Gasteiger partial charge in [0.05, 0.1) is 11.7 Å². The Kier molecular flexibility index (Phi) is 6.01. The zero-order valence-corrected chi connectivity index (χ0v) is 17.5. The highest BCUT2D eigenvalue weighted by Crippen LogP contribution is 2.31. The molecule has 154 valence electrons. The maximum atomic E-state index is 13.1. The van der Waals surface area contributed by atoms with E-state index in [1.165, 1.54) is 5.56 Å². The van der Waals surface area contributed by atoms with Crippen molar-refractivity contribution in [3.05, 3.63) is 65.7 Å². The summed E-state index contributed by atoms with van der Waals surface area (Å²) in [6, 6.07) is 18.0. The molecule has 0 saturated carbocycles. The summed E-state index contributed by atoms with van der Waals surface area (Å²) in [6.45, 7) is 1.53. The molecule has 5 nitrogen and oxygen atoms in total. The Balaban J connectivity index is 1.37. The Morgan fingerprint density at radius 1 is 1.00 bits per heavy atom. The van der Waals surface area contributed by atoms with Crippen molar-refractivity contribution in [2.24, 2.45) is 5.92 Å². The predicted octanol–water partition coefficient (Wildman–Crippen LogP) is 3.25. The molecule has 1 amide bonds. The number of nitrogens with zero attached hydrogens (tertiary/aromatic N) is 2. The van der Waals surface area contributed by atoms with Crippen molar-refractivity contribution >= 4 is 21.6 Å². The number of fused-ring (bicyclic) bond motifs is 1. The fourth-order valence-electron chi connectivity index (χ4n) is 4.42. The molecule has 0 radical (unpaired) electrons. The lowest BCUT2D eigenvalue weighted by Gasteiger charge is -2.33. The van der Waals surface area contributed by atoms with Gasteiger partial charge in [-0.2, -0.15) is 0 Å². The number of hydrogen-bond acceptors (Lipinski definition) is 3. The summed E-state index contributed by atoms with van der Waals surface area (Å²) in [6.07, 6.45) is 3.72. The molecule has 2 aromatic rings. The first-order chi connectivity index (χ1) is 14.0. The molecule has 0 spiro atoms. The molecule has 2 aliphatic rings. The number of benzene rings is 2. The van der Waals surface area contributed by atoms with Crippen LogP contribution in [0, 0.1) is 5.92 Å². The minimum Gasteiger partial charge on any atom is -0.312 e. The van der Waals surface area contributed by atoms with Crippen LogP contribution in [0.1, 0.15) is 30.4 Å². The molecule has 4 rings (SSSR count). The molecular weight excluding hydrogens is 384 g/mol. The molecule has 29 heavy (non-hydrogen) atoms. The summed E-state index contributed by atoms with van der Waals surface area (Å²) in [5, 5.41) is 0. The standard InChI is InChI=1S/C23H28N2O3S/c26-23(25-16-14-20-11-4-5-13-22(20)25)21-12-6-15-24(18-21)29(27,28)17-7-10-19-8-2-1-3-9-19/h1-5,8-9,11,13,21H,6-7,10,12,14-18H2/t21-/m1/s1. The van der Waals surface area contributed by atoms with Crippen molar-refractivity contribution < 1.29 is 13.2 Å². The van der Waals surface area contributed by atoms with Crippen LogP contribution in [0.5, 0.6) is 0 Å². The summed E-state index contributed by atoms with van der Waals surface area (Å²) in [5.74, 6) is -0.0482. The van der Waals surface area contributed by atoms with Gasteiger partial charge in [-0.25, -0.2) is 12.7 Å². The maximum absolute atomic E-state index is 13.1. The normalized spacial score (nSPS) is 19.9. The SMILES string of the molecule is O=C([C@@H]1CCCN(S(=O)(=O)CCCc2ccccc2)C1)N1CCc2ccccc21. The average molecular weight is 413 g/mol. The zero-order chi connectivity index (χ0) is 20.3. The van der Waals surface area contributed by atoms with Crippen molar-refractivity contribution in [1.82, 2.24) is 4.31 Å². The van der Waals surface area contributed by atoms with Gasteiger partial charge in [-0.05, 0) is 49.3 Å². The number of piperidine rings is 1. The third-order valence-electron chi connectivity index (χ3n) is 5.99. The fraction of sp³-hybridized carbons (Fsp3) is 0.435. The number of aryl methyl sites for hydroxylation is 1. The van der Waals surface area contributed by atoms with Crippen LogP contribution in [0.4, 0.5) is 5.69 Å². The molecule has 1 saturated heterocycles. The molecule has 2 aliphatic heterocycles. The lowest BCUT2D eigenvalue weighted by molar-refractivity contribution is -0.123. The van der Waals surface area contributed by atoms with Gasteiger partial charge in [0.2, 0.25) is 15.9 Å². The number of carbonyl (C=O) groups is 1. The molecule has 1 atom stereocenters. The summed E-state index contributed by atoms with van der Waals surface area (Å²) in [5.41, 5.74) is 3.34. The van der Waals surface area contributed by atoms with Crippen LogP contribution in [0.15, 0.2) is 54.6 Å². The third-order valence-corrected chi connectivity index (χ3v) is 7.91. The van der Waals surface area contributed by atoms with Gasteiger partial charge in [0.1, 0.15) is 0 Å². The van der Waals surface area contributed by atoms with Crippen LogP contribution in [0.25, 0.3) is 0 Å². The summed E-state index contributed by atoms with van der Waals surface area (Å²) in [7, 11) is -3.34. The van der Waals surface area contributed by atoms with E-state index >= 15 is 0 Å². The topological polar surface area (TPSA) is 57.7 Å². The summed E-state index contributed by atoms with van der Waals surface area (Å²) in [4.78, 5) is 15.0. The molecule has 0 N–H and O–H groups in total. The molecule has 0 aromatic heterocycles. The predicted molar refractivity (Wildman–Crippen MR) is 115 cm³/mol. The monoisotopic (exact) mass is 412 g/mol. The second-order valence-corrected chi connectivity index (χ2v) is 10.1. The molecule has 0 bridgehead atoms. The van der Waals surface area contributed by atoms with Crippen molar-refractivity contribution in [1.29, 1.82) is 0 Å². The quantitative estimate of drug-likeness (QED) is 0.732. The van der Waals surface area contributed by atoms with E-state index in [1.54, 1.807) is 4.31 Å². The first-order valence-electron chi connectivity index (χ1n) is 10.5. The first kappa shape index (κ1) is 20.1. The van der Waals surface area contributed by atoms with E-state index < -0.39 is 10.0 Å². The number of carbonyl (C=O) groups excluding carboxylic acids is 1.